The smallest absolute Gasteiger partial charge is 0.214 e. The molecule has 0 spiro atoms. The number of pyridine rings is 1. The predicted molar refractivity (Wildman–Crippen MR) is 48.6 cm³/mol. The average molecular weight is 180 g/mol. The number of nitrogen functional groups attached to an aromatic ring is 1. The number of hydrogen-bond acceptors (Lipinski definition) is 4. The molecule has 70 valence electrons. The van der Waals surface area contributed by atoms with Gasteiger partial charge in [0.1, 0.15) is 6.10 Å². The van der Waals surface area contributed by atoms with Crippen LogP contribution in [-0.4, -0.2) is 24.3 Å². The standard InChI is InChI=1S/C9H12N2O2/c1-6-2-9(11-3-8(6)10)13-7-4-12-5-7/h2-3,7H,4-5,10H2,1H3. The fourth-order valence-corrected chi connectivity index (χ4v) is 1.06. The van der Waals surface area contributed by atoms with Gasteiger partial charge in [0.15, 0.2) is 0 Å². The summed E-state index contributed by atoms with van der Waals surface area (Å²) in [6, 6.07) is 1.84. The Morgan fingerprint density at radius 1 is 1.62 bits per heavy atom. The van der Waals surface area contributed by atoms with Gasteiger partial charge in [-0.05, 0) is 12.5 Å². The lowest BCUT2D eigenvalue weighted by Crippen LogP contribution is -2.38. The first-order chi connectivity index (χ1) is 6.25. The first-order valence-electron chi connectivity index (χ1n) is 4.22. The fourth-order valence-electron chi connectivity index (χ4n) is 1.06. The van der Waals surface area contributed by atoms with Gasteiger partial charge < -0.3 is 15.2 Å². The first kappa shape index (κ1) is 8.31. The third-order valence-electron chi connectivity index (χ3n) is 2.02. The maximum atomic E-state index is 5.62. The second-order valence-corrected chi connectivity index (χ2v) is 3.16. The fraction of sp³-hybridized carbons (Fsp3) is 0.444. The summed E-state index contributed by atoms with van der Waals surface area (Å²) in [6.45, 7) is 3.25. The molecule has 2 N–H and O–H groups in total. The summed E-state index contributed by atoms with van der Waals surface area (Å²) in [6.07, 6.45) is 1.78. The molecular weight excluding hydrogens is 168 g/mol. The summed E-state index contributed by atoms with van der Waals surface area (Å²) >= 11 is 0. The molecule has 0 atom stereocenters. The molecule has 0 bridgehead atoms. The van der Waals surface area contributed by atoms with Crippen molar-refractivity contribution in [2.24, 2.45) is 0 Å². The summed E-state index contributed by atoms with van der Waals surface area (Å²) in [7, 11) is 0. The Kier molecular flexibility index (Phi) is 2.06. The number of nitrogens with two attached hydrogens (primary N) is 1. The van der Waals surface area contributed by atoms with Crippen LogP contribution in [0.3, 0.4) is 0 Å². The van der Waals surface area contributed by atoms with Crippen molar-refractivity contribution in [3.8, 4) is 5.88 Å². The second kappa shape index (κ2) is 3.22. The van der Waals surface area contributed by atoms with Gasteiger partial charge in [0, 0.05) is 6.07 Å². The van der Waals surface area contributed by atoms with Crippen LogP contribution in [0.15, 0.2) is 12.3 Å². The Hall–Kier alpha value is -1.29. The van der Waals surface area contributed by atoms with Crippen LogP contribution in [-0.2, 0) is 4.74 Å². The predicted octanol–water partition coefficient (Wildman–Crippen LogP) is 0.750. The molecule has 1 aliphatic heterocycles. The minimum Gasteiger partial charge on any atom is -0.469 e. The second-order valence-electron chi connectivity index (χ2n) is 3.16. The highest BCUT2D eigenvalue weighted by molar-refractivity contribution is 5.45. The molecule has 4 nitrogen and oxygen atoms in total. The molecule has 1 aromatic rings. The molecule has 2 rings (SSSR count). The van der Waals surface area contributed by atoms with Crippen molar-refractivity contribution in [1.82, 2.24) is 4.98 Å². The van der Waals surface area contributed by atoms with Crippen LogP contribution < -0.4 is 10.5 Å². The molecule has 13 heavy (non-hydrogen) atoms. The number of nitrogens with zero attached hydrogens (tertiary/aromatic N) is 1. The third-order valence-corrected chi connectivity index (χ3v) is 2.02. The van der Waals surface area contributed by atoms with Gasteiger partial charge in [-0.3, -0.25) is 0 Å². The normalized spacial score (nSPS) is 16.7. The molecule has 2 heterocycles. The number of hydrogen-bond donors (Lipinski definition) is 1. The van der Waals surface area contributed by atoms with Gasteiger partial charge in [-0.15, -0.1) is 0 Å². The van der Waals surface area contributed by atoms with Crippen LogP contribution in [0.25, 0.3) is 0 Å². The van der Waals surface area contributed by atoms with E-state index in [0.717, 1.165) is 5.56 Å². The van der Waals surface area contributed by atoms with Crippen molar-refractivity contribution >= 4 is 5.69 Å². The number of aryl methyl sites for hydroxylation is 1. The minimum absolute atomic E-state index is 0.163. The molecule has 0 unspecified atom stereocenters. The van der Waals surface area contributed by atoms with Crippen molar-refractivity contribution in [1.29, 1.82) is 0 Å². The van der Waals surface area contributed by atoms with Gasteiger partial charge in [0.05, 0.1) is 25.1 Å². The first-order valence-corrected chi connectivity index (χ1v) is 4.22. The highest BCUT2D eigenvalue weighted by Gasteiger charge is 2.20. The lowest BCUT2D eigenvalue weighted by atomic mass is 10.2. The van der Waals surface area contributed by atoms with E-state index < -0.39 is 0 Å². The summed E-state index contributed by atoms with van der Waals surface area (Å²) in [5.41, 5.74) is 7.31. The van der Waals surface area contributed by atoms with Gasteiger partial charge in [-0.2, -0.15) is 0 Å². The molecule has 0 aliphatic carbocycles. The Morgan fingerprint density at radius 2 is 2.38 bits per heavy atom. The monoisotopic (exact) mass is 180 g/mol. The lowest BCUT2D eigenvalue weighted by Gasteiger charge is -2.26. The average Bonchev–Trinajstić information content (AvgIpc) is 2.04. The van der Waals surface area contributed by atoms with Gasteiger partial charge in [0.2, 0.25) is 5.88 Å². The molecule has 1 fully saturated rings. The van der Waals surface area contributed by atoms with Crippen LogP contribution in [0.5, 0.6) is 5.88 Å². The lowest BCUT2D eigenvalue weighted by molar-refractivity contribution is -0.0813. The molecule has 1 aliphatic rings. The van der Waals surface area contributed by atoms with Crippen LogP contribution in [0, 0.1) is 6.92 Å². The summed E-state index contributed by atoms with van der Waals surface area (Å²) in [5, 5.41) is 0. The Balaban J connectivity index is 2.07. The topological polar surface area (TPSA) is 57.4 Å². The van der Waals surface area contributed by atoms with E-state index in [4.69, 9.17) is 15.2 Å². The summed E-state index contributed by atoms with van der Waals surface area (Å²) in [5.74, 6) is 0.625. The molecule has 1 aromatic heterocycles. The maximum Gasteiger partial charge on any atom is 0.214 e. The molecule has 4 heteroatoms. The quantitative estimate of drug-likeness (QED) is 0.729. The van der Waals surface area contributed by atoms with Crippen LogP contribution >= 0.6 is 0 Å². The molecule has 0 amide bonds. The van der Waals surface area contributed by atoms with Crippen molar-refractivity contribution in [2.45, 2.75) is 13.0 Å². The van der Waals surface area contributed by atoms with Gasteiger partial charge in [-0.1, -0.05) is 0 Å². The van der Waals surface area contributed by atoms with Crippen LogP contribution in [0.4, 0.5) is 5.69 Å². The largest absolute Gasteiger partial charge is 0.469 e. The van der Waals surface area contributed by atoms with Crippen molar-refractivity contribution < 1.29 is 9.47 Å². The van der Waals surface area contributed by atoms with Crippen LogP contribution in [0.2, 0.25) is 0 Å². The van der Waals surface area contributed by atoms with E-state index in [0.29, 0.717) is 24.8 Å². The van der Waals surface area contributed by atoms with E-state index in [1.165, 1.54) is 0 Å². The highest BCUT2D eigenvalue weighted by atomic mass is 16.6. The van der Waals surface area contributed by atoms with E-state index in [1.807, 2.05) is 13.0 Å². The number of rotatable bonds is 2. The third kappa shape index (κ3) is 1.72. The number of aromatic nitrogens is 1. The highest BCUT2D eigenvalue weighted by Crippen LogP contribution is 2.17. The van der Waals surface area contributed by atoms with Crippen LogP contribution in [0.1, 0.15) is 5.56 Å². The molecule has 0 aromatic carbocycles. The van der Waals surface area contributed by atoms with Crippen molar-refractivity contribution in [3.05, 3.63) is 17.8 Å². The summed E-state index contributed by atoms with van der Waals surface area (Å²) in [4.78, 5) is 4.06. The number of anilines is 1. The zero-order valence-electron chi connectivity index (χ0n) is 7.49. The van der Waals surface area contributed by atoms with E-state index in [2.05, 4.69) is 4.98 Å². The zero-order chi connectivity index (χ0) is 9.26. The van der Waals surface area contributed by atoms with E-state index in [-0.39, 0.29) is 6.10 Å². The molecule has 0 saturated carbocycles. The molecule has 0 radical (unpaired) electrons. The zero-order valence-corrected chi connectivity index (χ0v) is 7.49. The van der Waals surface area contributed by atoms with Crippen molar-refractivity contribution in [3.63, 3.8) is 0 Å². The molecular formula is C9H12N2O2. The number of ether oxygens (including phenoxy) is 2. The Morgan fingerprint density at radius 3 is 2.92 bits per heavy atom. The van der Waals surface area contributed by atoms with Crippen molar-refractivity contribution in [2.75, 3.05) is 18.9 Å². The van der Waals surface area contributed by atoms with Gasteiger partial charge in [0.25, 0.3) is 0 Å². The van der Waals surface area contributed by atoms with E-state index in [9.17, 15) is 0 Å². The Labute approximate surface area is 76.7 Å². The van der Waals surface area contributed by atoms with Gasteiger partial charge in [-0.25, -0.2) is 4.98 Å². The minimum atomic E-state index is 0.163. The molecule has 1 saturated heterocycles. The van der Waals surface area contributed by atoms with E-state index in [1.54, 1.807) is 6.20 Å². The SMILES string of the molecule is Cc1cc(OC2COC2)ncc1N. The maximum absolute atomic E-state index is 5.62. The Bertz CT molecular complexity index is 310. The van der Waals surface area contributed by atoms with Gasteiger partial charge >= 0.3 is 0 Å². The summed E-state index contributed by atoms with van der Waals surface area (Å²) < 4.78 is 10.5. The van der Waals surface area contributed by atoms with E-state index >= 15 is 0 Å².